The Morgan fingerprint density at radius 3 is 2.56 bits per heavy atom. The minimum atomic E-state index is -1.02. The standard InChI is InChI=1S/C13H11ClF2N2/c1-7-2-5-11(8(14)6-7)18-13-10(17)4-3-9(15)12(13)16/h2-6,18H,17H2,1H3. The summed E-state index contributed by atoms with van der Waals surface area (Å²) in [5, 5.41) is 3.12. The molecule has 2 nitrogen and oxygen atoms in total. The minimum Gasteiger partial charge on any atom is -0.397 e. The van der Waals surface area contributed by atoms with E-state index in [2.05, 4.69) is 5.32 Å². The number of nitrogen functional groups attached to an aromatic ring is 1. The second-order valence-corrected chi connectivity index (χ2v) is 4.34. The number of nitrogens with one attached hydrogen (secondary N) is 1. The average Bonchev–Trinajstić information content (AvgIpc) is 2.32. The van der Waals surface area contributed by atoms with Crippen molar-refractivity contribution in [2.24, 2.45) is 0 Å². The van der Waals surface area contributed by atoms with Crippen LogP contribution in [0.5, 0.6) is 0 Å². The lowest BCUT2D eigenvalue weighted by molar-refractivity contribution is 0.512. The molecule has 3 N–H and O–H groups in total. The van der Waals surface area contributed by atoms with Crippen LogP contribution in [0.1, 0.15) is 5.56 Å². The lowest BCUT2D eigenvalue weighted by atomic mass is 10.2. The van der Waals surface area contributed by atoms with Crippen molar-refractivity contribution >= 4 is 28.7 Å². The van der Waals surface area contributed by atoms with E-state index in [9.17, 15) is 8.78 Å². The number of aryl methyl sites for hydroxylation is 1. The third-order valence-corrected chi connectivity index (χ3v) is 2.82. The van der Waals surface area contributed by atoms with Crippen LogP contribution in [-0.2, 0) is 0 Å². The molecule has 0 aliphatic carbocycles. The fourth-order valence-electron chi connectivity index (χ4n) is 1.55. The predicted molar refractivity (Wildman–Crippen MR) is 70.2 cm³/mol. The fraction of sp³-hybridized carbons (Fsp3) is 0.0769. The van der Waals surface area contributed by atoms with Crippen molar-refractivity contribution < 1.29 is 8.78 Å². The van der Waals surface area contributed by atoms with Gasteiger partial charge in [0.05, 0.1) is 16.4 Å². The van der Waals surface area contributed by atoms with Crippen LogP contribution in [0.2, 0.25) is 5.02 Å². The summed E-state index contributed by atoms with van der Waals surface area (Å²) in [6.45, 7) is 1.88. The molecule has 0 spiro atoms. The van der Waals surface area contributed by atoms with E-state index in [0.29, 0.717) is 10.7 Å². The zero-order valence-electron chi connectivity index (χ0n) is 9.60. The zero-order valence-corrected chi connectivity index (χ0v) is 10.4. The molecule has 0 saturated carbocycles. The molecule has 0 radical (unpaired) electrons. The van der Waals surface area contributed by atoms with Crippen molar-refractivity contribution in [2.75, 3.05) is 11.1 Å². The maximum atomic E-state index is 13.6. The predicted octanol–water partition coefficient (Wildman–Crippen LogP) is 4.25. The molecule has 18 heavy (non-hydrogen) atoms. The van der Waals surface area contributed by atoms with Crippen LogP contribution < -0.4 is 11.1 Å². The van der Waals surface area contributed by atoms with E-state index in [1.54, 1.807) is 12.1 Å². The highest BCUT2D eigenvalue weighted by Gasteiger charge is 2.13. The number of halogens is 3. The van der Waals surface area contributed by atoms with Crippen molar-refractivity contribution in [3.63, 3.8) is 0 Å². The molecule has 0 bridgehead atoms. The van der Waals surface area contributed by atoms with Crippen molar-refractivity contribution in [1.29, 1.82) is 0 Å². The first-order valence-electron chi connectivity index (χ1n) is 5.25. The van der Waals surface area contributed by atoms with Crippen LogP contribution in [0.25, 0.3) is 0 Å². The Hall–Kier alpha value is -1.81. The van der Waals surface area contributed by atoms with Crippen LogP contribution in [0, 0.1) is 18.6 Å². The largest absolute Gasteiger partial charge is 0.397 e. The number of hydrogen-bond acceptors (Lipinski definition) is 2. The van der Waals surface area contributed by atoms with Crippen molar-refractivity contribution in [1.82, 2.24) is 0 Å². The monoisotopic (exact) mass is 268 g/mol. The van der Waals surface area contributed by atoms with Crippen molar-refractivity contribution in [3.05, 3.63) is 52.6 Å². The molecule has 0 aliphatic rings. The summed E-state index contributed by atoms with van der Waals surface area (Å²) >= 11 is 6.00. The number of benzene rings is 2. The first-order chi connectivity index (χ1) is 8.49. The Labute approximate surface area is 108 Å². The van der Waals surface area contributed by atoms with Crippen molar-refractivity contribution in [2.45, 2.75) is 6.92 Å². The van der Waals surface area contributed by atoms with Crippen LogP contribution in [0.4, 0.5) is 25.8 Å². The lowest BCUT2D eigenvalue weighted by Crippen LogP contribution is -2.02. The van der Waals surface area contributed by atoms with Gasteiger partial charge in [0.1, 0.15) is 5.69 Å². The van der Waals surface area contributed by atoms with Crippen LogP contribution in [0.3, 0.4) is 0 Å². The molecule has 94 valence electrons. The Kier molecular flexibility index (Phi) is 3.39. The van der Waals surface area contributed by atoms with Gasteiger partial charge in [-0.2, -0.15) is 0 Å². The van der Waals surface area contributed by atoms with Crippen molar-refractivity contribution in [3.8, 4) is 0 Å². The molecule has 0 fully saturated rings. The topological polar surface area (TPSA) is 38.0 Å². The number of rotatable bonds is 2. The quantitative estimate of drug-likeness (QED) is 0.799. The molecular formula is C13H11ClF2N2. The highest BCUT2D eigenvalue weighted by molar-refractivity contribution is 6.33. The Morgan fingerprint density at radius 2 is 1.89 bits per heavy atom. The van der Waals surface area contributed by atoms with Crippen LogP contribution in [0.15, 0.2) is 30.3 Å². The smallest absolute Gasteiger partial charge is 0.184 e. The molecule has 0 aliphatic heterocycles. The van der Waals surface area contributed by atoms with E-state index in [4.69, 9.17) is 17.3 Å². The van der Waals surface area contributed by atoms with Gasteiger partial charge in [-0.25, -0.2) is 8.78 Å². The average molecular weight is 269 g/mol. The molecule has 2 aromatic carbocycles. The van der Waals surface area contributed by atoms with Gasteiger partial charge < -0.3 is 11.1 Å². The third kappa shape index (κ3) is 2.38. The summed E-state index contributed by atoms with van der Waals surface area (Å²) in [6.07, 6.45) is 0. The van der Waals surface area contributed by atoms with Crippen LogP contribution in [-0.4, -0.2) is 0 Å². The normalized spacial score (nSPS) is 10.4. The van der Waals surface area contributed by atoms with Gasteiger partial charge in [0.25, 0.3) is 0 Å². The summed E-state index contributed by atoms with van der Waals surface area (Å²) in [7, 11) is 0. The zero-order chi connectivity index (χ0) is 13.3. The molecular weight excluding hydrogens is 258 g/mol. The lowest BCUT2D eigenvalue weighted by Gasteiger charge is -2.12. The molecule has 0 heterocycles. The molecule has 0 saturated heterocycles. The van der Waals surface area contributed by atoms with E-state index in [1.807, 2.05) is 13.0 Å². The number of anilines is 3. The molecule has 2 rings (SSSR count). The molecule has 5 heteroatoms. The Bertz CT molecular complexity index is 600. The van der Waals surface area contributed by atoms with E-state index in [0.717, 1.165) is 11.6 Å². The highest BCUT2D eigenvalue weighted by atomic mass is 35.5. The van der Waals surface area contributed by atoms with Gasteiger partial charge in [0, 0.05) is 0 Å². The van der Waals surface area contributed by atoms with Crippen LogP contribution >= 0.6 is 11.6 Å². The maximum Gasteiger partial charge on any atom is 0.184 e. The SMILES string of the molecule is Cc1ccc(Nc2c(N)ccc(F)c2F)c(Cl)c1. The van der Waals surface area contributed by atoms with Gasteiger partial charge in [0.15, 0.2) is 11.6 Å². The van der Waals surface area contributed by atoms with Gasteiger partial charge in [0.2, 0.25) is 0 Å². The third-order valence-electron chi connectivity index (χ3n) is 2.51. The maximum absolute atomic E-state index is 13.6. The van der Waals surface area contributed by atoms with Gasteiger partial charge in [-0.05, 0) is 36.8 Å². The summed E-state index contributed by atoms with van der Waals surface area (Å²) in [5.74, 6) is -1.98. The molecule has 0 amide bonds. The first kappa shape index (κ1) is 12.6. The summed E-state index contributed by atoms with van der Waals surface area (Å²) < 4.78 is 26.7. The highest BCUT2D eigenvalue weighted by Crippen LogP contribution is 2.31. The fourth-order valence-corrected chi connectivity index (χ4v) is 1.83. The summed E-state index contributed by atoms with van der Waals surface area (Å²) in [4.78, 5) is 0. The van der Waals surface area contributed by atoms with E-state index < -0.39 is 11.6 Å². The molecule has 2 aromatic rings. The van der Waals surface area contributed by atoms with Gasteiger partial charge >= 0.3 is 0 Å². The summed E-state index contributed by atoms with van der Waals surface area (Å²) in [6, 6.07) is 7.48. The second kappa shape index (κ2) is 4.82. The number of hydrogen-bond donors (Lipinski definition) is 2. The van der Waals surface area contributed by atoms with E-state index in [1.165, 1.54) is 6.07 Å². The number of nitrogens with two attached hydrogens (primary N) is 1. The molecule has 0 atom stereocenters. The summed E-state index contributed by atoms with van der Waals surface area (Å²) in [5.41, 5.74) is 7.05. The van der Waals surface area contributed by atoms with Gasteiger partial charge in [-0.3, -0.25) is 0 Å². The van der Waals surface area contributed by atoms with E-state index >= 15 is 0 Å². The van der Waals surface area contributed by atoms with Gasteiger partial charge in [-0.1, -0.05) is 17.7 Å². The Morgan fingerprint density at radius 1 is 1.17 bits per heavy atom. The minimum absolute atomic E-state index is 0.110. The van der Waals surface area contributed by atoms with E-state index in [-0.39, 0.29) is 11.4 Å². The Balaban J connectivity index is 2.43. The molecule has 0 unspecified atom stereocenters. The van der Waals surface area contributed by atoms with Gasteiger partial charge in [-0.15, -0.1) is 0 Å². The first-order valence-corrected chi connectivity index (χ1v) is 5.63. The second-order valence-electron chi connectivity index (χ2n) is 3.93. The molecule has 0 aromatic heterocycles.